The second kappa shape index (κ2) is 9.21. The highest BCUT2D eigenvalue weighted by Crippen LogP contribution is 2.25. The summed E-state index contributed by atoms with van der Waals surface area (Å²) >= 11 is 1.27. The highest BCUT2D eigenvalue weighted by atomic mass is 32.1. The third-order valence-electron chi connectivity index (χ3n) is 3.64. The van der Waals surface area contributed by atoms with Crippen LogP contribution in [0.25, 0.3) is 0 Å². The van der Waals surface area contributed by atoms with Crippen LogP contribution in [-0.4, -0.2) is 49.8 Å². The molecule has 0 unspecified atom stereocenters. The lowest BCUT2D eigenvalue weighted by atomic mass is 10.1. The molecule has 26 heavy (non-hydrogen) atoms. The minimum absolute atomic E-state index is 0.114. The van der Waals surface area contributed by atoms with Crippen LogP contribution in [0.5, 0.6) is 11.5 Å². The lowest BCUT2D eigenvalue weighted by Gasteiger charge is -2.21. The summed E-state index contributed by atoms with van der Waals surface area (Å²) < 4.78 is 15.6. The van der Waals surface area contributed by atoms with Gasteiger partial charge in [-0.05, 0) is 29.1 Å². The van der Waals surface area contributed by atoms with Crippen LogP contribution in [0.3, 0.4) is 0 Å². The Morgan fingerprint density at radius 1 is 1.12 bits per heavy atom. The third kappa shape index (κ3) is 4.96. The zero-order valence-corrected chi connectivity index (χ0v) is 15.7. The van der Waals surface area contributed by atoms with Gasteiger partial charge in [0.05, 0.1) is 25.7 Å². The average Bonchev–Trinajstić information content (AvgIpc) is 3.08. The quantitative estimate of drug-likeness (QED) is 0.721. The van der Waals surface area contributed by atoms with Gasteiger partial charge in [0, 0.05) is 25.3 Å². The van der Waals surface area contributed by atoms with Gasteiger partial charge in [-0.1, -0.05) is 0 Å². The molecule has 8 heteroatoms. The van der Waals surface area contributed by atoms with E-state index in [1.54, 1.807) is 36.8 Å². The van der Waals surface area contributed by atoms with Crippen LogP contribution in [0.1, 0.15) is 20.8 Å². The van der Waals surface area contributed by atoms with Crippen LogP contribution in [0.2, 0.25) is 0 Å². The lowest BCUT2D eigenvalue weighted by molar-refractivity contribution is -0.137. The summed E-state index contributed by atoms with van der Waals surface area (Å²) in [5.41, 5.74) is 1.45. The van der Waals surface area contributed by atoms with Gasteiger partial charge in [0.2, 0.25) is 0 Å². The Hall–Kier alpha value is -2.58. The first-order valence-electron chi connectivity index (χ1n) is 7.76. The Kier molecular flexibility index (Phi) is 6.99. The number of amides is 1. The van der Waals surface area contributed by atoms with E-state index in [1.165, 1.54) is 30.5 Å². The predicted molar refractivity (Wildman–Crippen MR) is 97.0 cm³/mol. The number of benzene rings is 1. The van der Waals surface area contributed by atoms with Gasteiger partial charge in [-0.2, -0.15) is 0 Å². The summed E-state index contributed by atoms with van der Waals surface area (Å²) in [4.78, 5) is 25.9. The fourth-order valence-electron chi connectivity index (χ4n) is 2.48. The van der Waals surface area contributed by atoms with Crippen LogP contribution >= 0.6 is 11.3 Å². The Bertz CT molecular complexity index is 751. The molecular formula is C18H21NO6S. The molecule has 0 atom stereocenters. The van der Waals surface area contributed by atoms with Crippen LogP contribution in [0, 0.1) is 0 Å². The number of carbonyl (C=O) groups excluding carboxylic acids is 1. The van der Waals surface area contributed by atoms with Crippen molar-refractivity contribution in [3.05, 3.63) is 45.6 Å². The smallest absolute Gasteiger partial charge is 0.323 e. The van der Waals surface area contributed by atoms with Crippen LogP contribution in [0.4, 0.5) is 0 Å². The largest absolute Gasteiger partial charge is 0.497 e. The zero-order valence-electron chi connectivity index (χ0n) is 14.9. The second-order valence-corrected chi connectivity index (χ2v) is 6.40. The number of carboxylic acid groups (broad SMARTS) is 1. The van der Waals surface area contributed by atoms with E-state index in [2.05, 4.69) is 0 Å². The summed E-state index contributed by atoms with van der Waals surface area (Å²) in [5, 5.41) is 11.0. The van der Waals surface area contributed by atoms with E-state index in [-0.39, 0.29) is 12.5 Å². The van der Waals surface area contributed by atoms with Crippen molar-refractivity contribution < 1.29 is 28.9 Å². The van der Waals surface area contributed by atoms with E-state index < -0.39 is 12.5 Å². The highest BCUT2D eigenvalue weighted by Gasteiger charge is 2.23. The van der Waals surface area contributed by atoms with Gasteiger partial charge in [-0.25, -0.2) is 0 Å². The van der Waals surface area contributed by atoms with Gasteiger partial charge in [-0.15, -0.1) is 11.3 Å². The molecule has 0 fully saturated rings. The van der Waals surface area contributed by atoms with Crippen molar-refractivity contribution in [1.29, 1.82) is 0 Å². The van der Waals surface area contributed by atoms with Crippen LogP contribution in [0.15, 0.2) is 29.6 Å². The number of carbonyl (C=O) groups is 2. The number of ether oxygens (including phenoxy) is 3. The van der Waals surface area contributed by atoms with E-state index in [0.717, 1.165) is 5.56 Å². The molecule has 2 aromatic rings. The molecule has 0 saturated heterocycles. The number of methoxy groups -OCH3 is 3. The number of carboxylic acids is 1. The minimum Gasteiger partial charge on any atom is -0.497 e. The van der Waals surface area contributed by atoms with Crippen molar-refractivity contribution in [2.75, 3.05) is 27.9 Å². The number of hydrogen-bond donors (Lipinski definition) is 1. The summed E-state index contributed by atoms with van der Waals surface area (Å²) in [6, 6.07) is 7.00. The topological polar surface area (TPSA) is 85.3 Å². The van der Waals surface area contributed by atoms with Gasteiger partial charge < -0.3 is 24.2 Å². The van der Waals surface area contributed by atoms with E-state index in [9.17, 15) is 14.7 Å². The van der Waals surface area contributed by atoms with E-state index in [1.807, 2.05) is 0 Å². The predicted octanol–water partition coefficient (Wildman–Crippen LogP) is 2.64. The van der Waals surface area contributed by atoms with Crippen molar-refractivity contribution in [3.8, 4) is 11.5 Å². The SMILES string of the molecule is COCc1ccsc1C(=O)N(CC(=O)O)Cc1cc(OC)cc(OC)c1. The molecule has 0 saturated carbocycles. The summed E-state index contributed by atoms with van der Waals surface area (Å²) in [5.74, 6) is -0.300. The summed E-state index contributed by atoms with van der Waals surface area (Å²) in [6.07, 6.45) is 0. The second-order valence-electron chi connectivity index (χ2n) is 5.48. The molecule has 0 aliphatic rings. The third-order valence-corrected chi connectivity index (χ3v) is 4.58. The van der Waals surface area contributed by atoms with Gasteiger partial charge in [0.15, 0.2) is 0 Å². The molecule has 1 aromatic carbocycles. The van der Waals surface area contributed by atoms with Crippen molar-refractivity contribution in [1.82, 2.24) is 4.90 Å². The van der Waals surface area contributed by atoms with Crippen molar-refractivity contribution >= 4 is 23.2 Å². The van der Waals surface area contributed by atoms with Crippen molar-refractivity contribution in [2.24, 2.45) is 0 Å². The summed E-state index contributed by atoms with van der Waals surface area (Å²) in [6.45, 7) is -0.00976. The van der Waals surface area contributed by atoms with Crippen LogP contribution in [-0.2, 0) is 22.7 Å². The molecule has 0 radical (unpaired) electrons. The molecule has 1 amide bonds. The molecule has 2 rings (SSSR count). The fraction of sp³-hybridized carbons (Fsp3) is 0.333. The molecule has 0 aliphatic carbocycles. The first-order valence-corrected chi connectivity index (χ1v) is 8.64. The van der Waals surface area contributed by atoms with Crippen molar-refractivity contribution in [2.45, 2.75) is 13.2 Å². The maximum Gasteiger partial charge on any atom is 0.323 e. The number of hydrogen-bond acceptors (Lipinski definition) is 6. The number of thiophene rings is 1. The van der Waals surface area contributed by atoms with E-state index >= 15 is 0 Å². The van der Waals surface area contributed by atoms with E-state index in [0.29, 0.717) is 28.5 Å². The lowest BCUT2D eigenvalue weighted by Crippen LogP contribution is -2.35. The maximum absolute atomic E-state index is 12.9. The molecule has 1 heterocycles. The molecule has 0 bridgehead atoms. The zero-order chi connectivity index (χ0) is 19.1. The van der Waals surface area contributed by atoms with Gasteiger partial charge in [0.25, 0.3) is 5.91 Å². The molecule has 1 N–H and O–H groups in total. The Labute approximate surface area is 155 Å². The monoisotopic (exact) mass is 379 g/mol. The van der Waals surface area contributed by atoms with Gasteiger partial charge in [-0.3, -0.25) is 9.59 Å². The molecule has 140 valence electrons. The van der Waals surface area contributed by atoms with E-state index in [4.69, 9.17) is 14.2 Å². The van der Waals surface area contributed by atoms with Crippen molar-refractivity contribution in [3.63, 3.8) is 0 Å². The Morgan fingerprint density at radius 3 is 2.31 bits per heavy atom. The maximum atomic E-state index is 12.9. The highest BCUT2D eigenvalue weighted by molar-refractivity contribution is 7.12. The normalized spacial score (nSPS) is 10.4. The van der Waals surface area contributed by atoms with Gasteiger partial charge >= 0.3 is 5.97 Å². The first kappa shape index (κ1) is 19.7. The number of nitrogens with zero attached hydrogens (tertiary/aromatic N) is 1. The van der Waals surface area contributed by atoms with Crippen LogP contribution < -0.4 is 9.47 Å². The molecule has 0 spiro atoms. The first-order chi connectivity index (χ1) is 12.5. The Balaban J connectivity index is 2.31. The van der Waals surface area contributed by atoms with Gasteiger partial charge in [0.1, 0.15) is 18.0 Å². The molecular weight excluding hydrogens is 358 g/mol. The number of rotatable bonds is 9. The average molecular weight is 379 g/mol. The number of aliphatic carboxylic acids is 1. The molecule has 1 aromatic heterocycles. The standard InChI is InChI=1S/C18H21NO6S/c1-23-11-13-4-5-26-17(13)18(22)19(10-16(20)21)9-12-6-14(24-2)8-15(7-12)25-3/h4-8H,9-11H2,1-3H3,(H,20,21). The molecule has 0 aliphatic heterocycles. The minimum atomic E-state index is -1.09. The fourth-order valence-corrected chi connectivity index (χ4v) is 3.35. The summed E-state index contributed by atoms with van der Waals surface area (Å²) in [7, 11) is 4.60. The molecule has 7 nitrogen and oxygen atoms in total. The Morgan fingerprint density at radius 2 is 1.77 bits per heavy atom.